The maximum Gasteiger partial charge on any atom is 0.344 e. The number of nitrogens with two attached hydrogens (primary N) is 1. The topological polar surface area (TPSA) is 61.5 Å². The molecule has 0 aliphatic carbocycles. The second kappa shape index (κ2) is 9.23. The van der Waals surface area contributed by atoms with E-state index in [0.717, 1.165) is 12.8 Å². The van der Waals surface area contributed by atoms with Gasteiger partial charge in [0.05, 0.1) is 6.10 Å². The lowest BCUT2D eigenvalue weighted by Gasteiger charge is -2.13. The van der Waals surface area contributed by atoms with Gasteiger partial charge in [0.25, 0.3) is 0 Å². The van der Waals surface area contributed by atoms with E-state index in [2.05, 4.69) is 6.92 Å². The molecule has 4 nitrogen and oxygen atoms in total. The van der Waals surface area contributed by atoms with E-state index in [1.165, 1.54) is 19.3 Å². The van der Waals surface area contributed by atoms with Gasteiger partial charge in [-0.2, -0.15) is 0 Å². The van der Waals surface area contributed by atoms with E-state index in [1.807, 2.05) is 6.92 Å². The van der Waals surface area contributed by atoms with E-state index in [9.17, 15) is 4.79 Å². The Hall–Kier alpha value is -1.71. The molecule has 1 unspecified atom stereocenters. The van der Waals surface area contributed by atoms with Crippen LogP contribution in [0.1, 0.15) is 46.0 Å². The first kappa shape index (κ1) is 16.3. The smallest absolute Gasteiger partial charge is 0.344 e. The van der Waals surface area contributed by atoms with Crippen LogP contribution in [0.25, 0.3) is 0 Å². The molecule has 0 heterocycles. The standard InChI is InChI=1S/C16H25NO3/c1-3-4-5-6-7-13(2)20-16(18)12-19-15-10-8-14(17)9-11-15/h8-11,13H,3-7,12,17H2,1-2H3. The SMILES string of the molecule is CCCCCCC(C)OC(=O)COc1ccc(N)cc1. The van der Waals surface area contributed by atoms with Crippen LogP contribution in [0.3, 0.4) is 0 Å². The third kappa shape index (κ3) is 7.02. The van der Waals surface area contributed by atoms with Crippen LogP contribution in [-0.2, 0) is 9.53 Å². The molecule has 0 aliphatic heterocycles. The van der Waals surface area contributed by atoms with E-state index in [1.54, 1.807) is 24.3 Å². The molecule has 0 radical (unpaired) electrons. The van der Waals surface area contributed by atoms with Gasteiger partial charge in [-0.3, -0.25) is 0 Å². The monoisotopic (exact) mass is 279 g/mol. The highest BCUT2D eigenvalue weighted by molar-refractivity contribution is 5.71. The molecule has 1 rings (SSSR count). The summed E-state index contributed by atoms with van der Waals surface area (Å²) in [5, 5.41) is 0. The van der Waals surface area contributed by atoms with E-state index >= 15 is 0 Å². The molecule has 0 aromatic heterocycles. The van der Waals surface area contributed by atoms with E-state index in [4.69, 9.17) is 15.2 Å². The molecule has 1 atom stereocenters. The van der Waals surface area contributed by atoms with Crippen molar-refractivity contribution in [3.8, 4) is 5.75 Å². The third-order valence-corrected chi connectivity index (χ3v) is 3.03. The Morgan fingerprint density at radius 3 is 2.55 bits per heavy atom. The van der Waals surface area contributed by atoms with Crippen molar-refractivity contribution in [2.45, 2.75) is 52.1 Å². The Bertz CT molecular complexity index is 389. The summed E-state index contributed by atoms with van der Waals surface area (Å²) in [6.45, 7) is 4.04. The molecule has 0 bridgehead atoms. The zero-order valence-electron chi connectivity index (χ0n) is 12.4. The van der Waals surface area contributed by atoms with Crippen molar-refractivity contribution in [2.24, 2.45) is 0 Å². The first-order chi connectivity index (χ1) is 9.61. The number of esters is 1. The van der Waals surface area contributed by atoms with Gasteiger partial charge >= 0.3 is 5.97 Å². The number of carbonyl (C=O) groups excluding carboxylic acids is 1. The Morgan fingerprint density at radius 1 is 1.20 bits per heavy atom. The Labute approximate surface area is 121 Å². The predicted molar refractivity (Wildman–Crippen MR) is 80.7 cm³/mol. The molecule has 0 aliphatic rings. The highest BCUT2D eigenvalue weighted by atomic mass is 16.6. The molecule has 0 saturated heterocycles. The number of benzene rings is 1. The lowest BCUT2D eigenvalue weighted by molar-refractivity contribution is -0.150. The summed E-state index contributed by atoms with van der Waals surface area (Å²) in [5.41, 5.74) is 6.24. The van der Waals surface area contributed by atoms with Crippen molar-refractivity contribution in [3.63, 3.8) is 0 Å². The van der Waals surface area contributed by atoms with Crippen LogP contribution >= 0.6 is 0 Å². The summed E-state index contributed by atoms with van der Waals surface area (Å²) in [6, 6.07) is 6.93. The zero-order valence-corrected chi connectivity index (χ0v) is 12.4. The number of hydrogen-bond acceptors (Lipinski definition) is 4. The fourth-order valence-corrected chi connectivity index (χ4v) is 1.88. The number of rotatable bonds is 9. The zero-order chi connectivity index (χ0) is 14.8. The fourth-order valence-electron chi connectivity index (χ4n) is 1.88. The average molecular weight is 279 g/mol. The normalized spacial score (nSPS) is 11.9. The van der Waals surface area contributed by atoms with Crippen molar-refractivity contribution < 1.29 is 14.3 Å². The molecule has 0 fully saturated rings. The second-order valence-electron chi connectivity index (χ2n) is 5.01. The summed E-state index contributed by atoms with van der Waals surface area (Å²) >= 11 is 0. The van der Waals surface area contributed by atoms with Crippen molar-refractivity contribution in [2.75, 3.05) is 12.3 Å². The van der Waals surface area contributed by atoms with Gasteiger partial charge in [-0.05, 0) is 44.0 Å². The van der Waals surface area contributed by atoms with Crippen LogP contribution in [0.5, 0.6) is 5.75 Å². The lowest BCUT2D eigenvalue weighted by atomic mass is 10.1. The van der Waals surface area contributed by atoms with Crippen molar-refractivity contribution in [3.05, 3.63) is 24.3 Å². The minimum atomic E-state index is -0.329. The fraction of sp³-hybridized carbons (Fsp3) is 0.562. The molecule has 2 N–H and O–H groups in total. The average Bonchev–Trinajstić information content (AvgIpc) is 2.43. The molecule has 0 amide bonds. The molecule has 20 heavy (non-hydrogen) atoms. The summed E-state index contributed by atoms with van der Waals surface area (Å²) in [6.07, 6.45) is 5.61. The number of ether oxygens (including phenoxy) is 2. The molecule has 4 heteroatoms. The van der Waals surface area contributed by atoms with Crippen LogP contribution in [0.15, 0.2) is 24.3 Å². The van der Waals surface area contributed by atoms with Crippen molar-refractivity contribution in [1.29, 1.82) is 0 Å². The first-order valence-electron chi connectivity index (χ1n) is 7.29. The van der Waals surface area contributed by atoms with Crippen molar-refractivity contribution >= 4 is 11.7 Å². The summed E-state index contributed by atoms with van der Waals surface area (Å²) < 4.78 is 10.6. The van der Waals surface area contributed by atoms with Crippen LogP contribution in [0.2, 0.25) is 0 Å². The molecule has 112 valence electrons. The van der Waals surface area contributed by atoms with Gasteiger partial charge in [0, 0.05) is 5.69 Å². The Morgan fingerprint density at radius 2 is 1.90 bits per heavy atom. The minimum absolute atomic E-state index is 0.0469. The predicted octanol–water partition coefficient (Wildman–Crippen LogP) is 3.55. The molecule has 1 aromatic rings. The summed E-state index contributed by atoms with van der Waals surface area (Å²) in [4.78, 5) is 11.6. The first-order valence-corrected chi connectivity index (χ1v) is 7.29. The van der Waals surface area contributed by atoms with E-state index < -0.39 is 0 Å². The van der Waals surface area contributed by atoms with Gasteiger partial charge in [0.1, 0.15) is 5.75 Å². The van der Waals surface area contributed by atoms with Crippen LogP contribution in [0.4, 0.5) is 5.69 Å². The largest absolute Gasteiger partial charge is 0.482 e. The Balaban J connectivity index is 2.17. The molecular weight excluding hydrogens is 254 g/mol. The lowest BCUT2D eigenvalue weighted by Crippen LogP contribution is -2.20. The van der Waals surface area contributed by atoms with Gasteiger partial charge in [0.15, 0.2) is 6.61 Å². The summed E-state index contributed by atoms with van der Waals surface area (Å²) in [5.74, 6) is 0.288. The highest BCUT2D eigenvalue weighted by Gasteiger charge is 2.10. The molecular formula is C16H25NO3. The maximum absolute atomic E-state index is 11.6. The summed E-state index contributed by atoms with van der Waals surface area (Å²) in [7, 11) is 0. The third-order valence-electron chi connectivity index (χ3n) is 3.03. The molecule has 1 aromatic carbocycles. The van der Waals surface area contributed by atoms with Gasteiger partial charge in [0.2, 0.25) is 0 Å². The van der Waals surface area contributed by atoms with Gasteiger partial charge in [-0.25, -0.2) is 4.79 Å². The molecule has 0 saturated carbocycles. The minimum Gasteiger partial charge on any atom is -0.482 e. The van der Waals surface area contributed by atoms with Crippen molar-refractivity contribution in [1.82, 2.24) is 0 Å². The highest BCUT2D eigenvalue weighted by Crippen LogP contribution is 2.13. The number of carbonyl (C=O) groups is 1. The maximum atomic E-state index is 11.6. The quantitative estimate of drug-likeness (QED) is 0.426. The van der Waals surface area contributed by atoms with Gasteiger partial charge in [-0.1, -0.05) is 26.2 Å². The van der Waals surface area contributed by atoms with Gasteiger partial charge < -0.3 is 15.2 Å². The van der Waals surface area contributed by atoms with E-state index in [-0.39, 0.29) is 18.7 Å². The molecule has 0 spiro atoms. The second-order valence-corrected chi connectivity index (χ2v) is 5.01. The number of anilines is 1. The number of hydrogen-bond donors (Lipinski definition) is 1. The number of nitrogen functional groups attached to an aromatic ring is 1. The Kier molecular flexibility index (Phi) is 7.55. The van der Waals surface area contributed by atoms with Crippen LogP contribution < -0.4 is 10.5 Å². The van der Waals surface area contributed by atoms with Gasteiger partial charge in [-0.15, -0.1) is 0 Å². The van der Waals surface area contributed by atoms with E-state index in [0.29, 0.717) is 11.4 Å². The number of unbranched alkanes of at least 4 members (excludes halogenated alkanes) is 3. The van der Waals surface area contributed by atoms with Crippen LogP contribution in [-0.4, -0.2) is 18.7 Å². The van der Waals surface area contributed by atoms with Crippen LogP contribution in [0, 0.1) is 0 Å².